The van der Waals surface area contributed by atoms with Gasteiger partial charge in [-0.15, -0.1) is 0 Å². The highest BCUT2D eigenvalue weighted by atomic mass is 16.6. The second-order valence-corrected chi connectivity index (χ2v) is 4.24. The van der Waals surface area contributed by atoms with E-state index in [1.807, 2.05) is 0 Å². The molecule has 1 aliphatic carbocycles. The number of hydrogen-bond acceptors (Lipinski definition) is 7. The second-order valence-electron chi connectivity index (χ2n) is 4.24. The molecule has 1 aromatic heterocycles. The van der Waals surface area contributed by atoms with E-state index in [-0.39, 0.29) is 36.3 Å². The zero-order valence-corrected chi connectivity index (χ0v) is 10.1. The monoisotopic (exact) mass is 266 g/mol. The van der Waals surface area contributed by atoms with Crippen molar-refractivity contribution in [1.82, 2.24) is 15.3 Å². The van der Waals surface area contributed by atoms with Gasteiger partial charge in [0.2, 0.25) is 17.7 Å². The average molecular weight is 266 g/mol. The quantitative estimate of drug-likeness (QED) is 0.488. The SMILES string of the molecule is Nc1ncc([N+](=O)[O-])c(NCCC(=O)NC2CC2)n1. The predicted octanol–water partition coefficient (Wildman–Crippen LogP) is 0.0476. The van der Waals surface area contributed by atoms with Crippen LogP contribution in [0.15, 0.2) is 6.20 Å². The number of nitrogen functional groups attached to an aromatic ring is 1. The van der Waals surface area contributed by atoms with E-state index in [1.165, 1.54) is 0 Å². The summed E-state index contributed by atoms with van der Waals surface area (Å²) in [6, 6.07) is 0.302. The molecule has 1 heterocycles. The minimum absolute atomic E-state index is 0.0247. The average Bonchev–Trinajstić information content (AvgIpc) is 3.12. The third kappa shape index (κ3) is 3.76. The van der Waals surface area contributed by atoms with Crippen LogP contribution in [-0.4, -0.2) is 33.4 Å². The van der Waals surface area contributed by atoms with Crippen LogP contribution in [0.1, 0.15) is 19.3 Å². The Morgan fingerprint density at radius 3 is 2.95 bits per heavy atom. The summed E-state index contributed by atoms with van der Waals surface area (Å²) in [5, 5.41) is 16.3. The van der Waals surface area contributed by atoms with Crippen molar-refractivity contribution >= 4 is 23.4 Å². The topological polar surface area (TPSA) is 136 Å². The zero-order chi connectivity index (χ0) is 13.8. The predicted molar refractivity (Wildman–Crippen MR) is 67.4 cm³/mol. The normalized spacial score (nSPS) is 13.9. The Hall–Kier alpha value is -2.45. The van der Waals surface area contributed by atoms with Crippen LogP contribution < -0.4 is 16.4 Å². The molecule has 1 aromatic rings. The van der Waals surface area contributed by atoms with Gasteiger partial charge < -0.3 is 16.4 Å². The Morgan fingerprint density at radius 2 is 2.32 bits per heavy atom. The summed E-state index contributed by atoms with van der Waals surface area (Å²) in [4.78, 5) is 28.9. The lowest BCUT2D eigenvalue weighted by Gasteiger charge is -2.06. The van der Waals surface area contributed by atoms with Gasteiger partial charge in [-0.3, -0.25) is 14.9 Å². The first kappa shape index (κ1) is 13.0. The van der Waals surface area contributed by atoms with E-state index in [2.05, 4.69) is 20.6 Å². The first-order chi connectivity index (χ1) is 9.06. The molecule has 9 nitrogen and oxygen atoms in total. The fraction of sp³-hybridized carbons (Fsp3) is 0.500. The van der Waals surface area contributed by atoms with Crippen LogP contribution in [0.2, 0.25) is 0 Å². The van der Waals surface area contributed by atoms with Crippen molar-refractivity contribution in [3.8, 4) is 0 Å². The van der Waals surface area contributed by atoms with Gasteiger partial charge in [0.15, 0.2) is 0 Å². The van der Waals surface area contributed by atoms with E-state index < -0.39 is 4.92 Å². The fourth-order valence-electron chi connectivity index (χ4n) is 1.47. The summed E-state index contributed by atoms with van der Waals surface area (Å²) in [5.74, 6) is -0.119. The number of aromatic nitrogens is 2. The van der Waals surface area contributed by atoms with Crippen LogP contribution in [0.3, 0.4) is 0 Å². The van der Waals surface area contributed by atoms with E-state index in [0.717, 1.165) is 19.0 Å². The van der Waals surface area contributed by atoms with E-state index in [9.17, 15) is 14.9 Å². The van der Waals surface area contributed by atoms with Gasteiger partial charge in [0.25, 0.3) is 0 Å². The highest BCUT2D eigenvalue weighted by Crippen LogP contribution is 2.21. The van der Waals surface area contributed by atoms with E-state index in [0.29, 0.717) is 6.04 Å². The molecule has 0 aliphatic heterocycles. The largest absolute Gasteiger partial charge is 0.368 e. The molecular weight excluding hydrogens is 252 g/mol. The van der Waals surface area contributed by atoms with Crippen LogP contribution in [0.5, 0.6) is 0 Å². The van der Waals surface area contributed by atoms with Gasteiger partial charge in [-0.05, 0) is 12.8 Å². The number of carbonyl (C=O) groups is 1. The summed E-state index contributed by atoms with van der Waals surface area (Å²) in [5.41, 5.74) is 5.10. The minimum atomic E-state index is -0.605. The number of hydrogen-bond donors (Lipinski definition) is 3. The van der Waals surface area contributed by atoms with Crippen LogP contribution >= 0.6 is 0 Å². The Labute approximate surface area is 108 Å². The number of carbonyl (C=O) groups excluding carboxylic acids is 1. The summed E-state index contributed by atoms with van der Waals surface area (Å²) in [7, 11) is 0. The first-order valence-electron chi connectivity index (χ1n) is 5.86. The molecule has 0 unspecified atom stereocenters. The number of nitrogens with zero attached hydrogens (tertiary/aromatic N) is 3. The minimum Gasteiger partial charge on any atom is -0.368 e. The molecule has 0 aromatic carbocycles. The molecule has 0 radical (unpaired) electrons. The first-order valence-corrected chi connectivity index (χ1v) is 5.86. The Kier molecular flexibility index (Phi) is 3.74. The smallest absolute Gasteiger partial charge is 0.329 e. The van der Waals surface area contributed by atoms with Crippen LogP contribution in [0.4, 0.5) is 17.5 Å². The lowest BCUT2D eigenvalue weighted by Crippen LogP contribution is -2.27. The molecule has 1 aliphatic rings. The van der Waals surface area contributed by atoms with Crippen LogP contribution in [-0.2, 0) is 4.79 Å². The number of nitrogens with two attached hydrogens (primary N) is 1. The molecule has 0 spiro atoms. The highest BCUT2D eigenvalue weighted by molar-refractivity contribution is 5.77. The molecule has 2 rings (SSSR count). The molecule has 1 saturated carbocycles. The molecule has 9 heteroatoms. The molecule has 1 fully saturated rings. The van der Waals surface area contributed by atoms with Gasteiger partial charge in [0.05, 0.1) is 4.92 Å². The van der Waals surface area contributed by atoms with Gasteiger partial charge in [-0.1, -0.05) is 0 Å². The van der Waals surface area contributed by atoms with Gasteiger partial charge in [0, 0.05) is 19.0 Å². The summed E-state index contributed by atoms with van der Waals surface area (Å²) >= 11 is 0. The number of anilines is 2. The lowest BCUT2D eigenvalue weighted by molar-refractivity contribution is -0.384. The standard InChI is InChI=1S/C10H14N6O3/c11-10-13-5-7(16(18)19)9(15-10)12-4-3-8(17)14-6-1-2-6/h5-6H,1-4H2,(H,14,17)(H3,11,12,13,15). The second kappa shape index (κ2) is 5.46. The van der Waals surface area contributed by atoms with E-state index in [1.54, 1.807) is 0 Å². The van der Waals surface area contributed by atoms with Crippen molar-refractivity contribution in [2.24, 2.45) is 0 Å². The summed E-state index contributed by atoms with van der Waals surface area (Å²) in [6.45, 7) is 0.246. The summed E-state index contributed by atoms with van der Waals surface area (Å²) in [6.07, 6.45) is 3.30. The molecule has 4 N–H and O–H groups in total. The Morgan fingerprint density at radius 1 is 1.58 bits per heavy atom. The number of amides is 1. The van der Waals surface area contributed by atoms with Crippen LogP contribution in [0, 0.1) is 10.1 Å². The van der Waals surface area contributed by atoms with Gasteiger partial charge in [0.1, 0.15) is 6.20 Å². The molecule has 1 amide bonds. The lowest BCUT2D eigenvalue weighted by atomic mass is 10.3. The highest BCUT2D eigenvalue weighted by Gasteiger charge is 2.23. The van der Waals surface area contributed by atoms with Crippen molar-refractivity contribution in [2.45, 2.75) is 25.3 Å². The number of rotatable bonds is 6. The fourth-order valence-corrected chi connectivity index (χ4v) is 1.47. The van der Waals surface area contributed by atoms with Crippen LogP contribution in [0.25, 0.3) is 0 Å². The summed E-state index contributed by atoms with van der Waals surface area (Å²) < 4.78 is 0. The van der Waals surface area contributed by atoms with Crippen molar-refractivity contribution in [2.75, 3.05) is 17.6 Å². The van der Waals surface area contributed by atoms with Gasteiger partial charge in [-0.25, -0.2) is 4.98 Å². The maximum atomic E-state index is 11.4. The third-order valence-corrected chi connectivity index (χ3v) is 2.57. The van der Waals surface area contributed by atoms with Crippen molar-refractivity contribution < 1.29 is 9.72 Å². The van der Waals surface area contributed by atoms with Gasteiger partial charge >= 0.3 is 5.69 Å². The van der Waals surface area contributed by atoms with E-state index >= 15 is 0 Å². The van der Waals surface area contributed by atoms with E-state index in [4.69, 9.17) is 5.73 Å². The Bertz CT molecular complexity index is 502. The maximum absolute atomic E-state index is 11.4. The molecule has 0 atom stereocenters. The molecule has 19 heavy (non-hydrogen) atoms. The third-order valence-electron chi connectivity index (χ3n) is 2.57. The molecule has 0 bridgehead atoms. The molecular formula is C10H14N6O3. The number of nitrogens with one attached hydrogen (secondary N) is 2. The van der Waals surface area contributed by atoms with Crippen molar-refractivity contribution in [1.29, 1.82) is 0 Å². The number of nitro groups is 1. The van der Waals surface area contributed by atoms with Crippen molar-refractivity contribution in [3.05, 3.63) is 16.3 Å². The Balaban J connectivity index is 1.88. The van der Waals surface area contributed by atoms with Crippen molar-refractivity contribution in [3.63, 3.8) is 0 Å². The maximum Gasteiger partial charge on any atom is 0.329 e. The molecule has 102 valence electrons. The van der Waals surface area contributed by atoms with Gasteiger partial charge in [-0.2, -0.15) is 4.98 Å². The molecule has 0 saturated heterocycles. The zero-order valence-electron chi connectivity index (χ0n) is 10.1.